The topological polar surface area (TPSA) is 94.8 Å². The Morgan fingerprint density at radius 2 is 1.62 bits per heavy atom. The summed E-state index contributed by atoms with van der Waals surface area (Å²) in [5.74, 6) is 1.40. The highest BCUT2D eigenvalue weighted by Crippen LogP contribution is 2.21. The molecule has 2 aromatic carbocycles. The average Bonchev–Trinajstić information content (AvgIpc) is 3.21. The summed E-state index contributed by atoms with van der Waals surface area (Å²) >= 11 is 0. The van der Waals surface area contributed by atoms with Crippen LogP contribution in [0.25, 0.3) is 0 Å². The third-order valence-electron chi connectivity index (χ3n) is 4.50. The predicted octanol–water partition coefficient (Wildman–Crippen LogP) is 2.26. The summed E-state index contributed by atoms with van der Waals surface area (Å²) in [4.78, 5) is 0.231. The van der Waals surface area contributed by atoms with E-state index in [9.17, 15) is 8.42 Å². The second-order valence-corrected chi connectivity index (χ2v) is 8.47. The number of ether oxygens (including phenoxy) is 2. The Bertz CT molecular complexity index is 1030. The third kappa shape index (κ3) is 4.81. The fourth-order valence-corrected chi connectivity index (χ4v) is 4.39. The van der Waals surface area contributed by atoms with Crippen molar-refractivity contribution in [1.29, 1.82) is 0 Å². The highest BCUT2D eigenvalue weighted by molar-refractivity contribution is 7.89. The van der Waals surface area contributed by atoms with Crippen LogP contribution in [0.2, 0.25) is 0 Å². The summed E-state index contributed by atoms with van der Waals surface area (Å²) in [6.45, 7) is 1.66. The van der Waals surface area contributed by atoms with E-state index < -0.39 is 10.0 Å². The van der Waals surface area contributed by atoms with Gasteiger partial charge in [0.25, 0.3) is 5.89 Å². The number of rotatable bonds is 7. The fraction of sp³-hybridized carbons (Fsp3) is 0.300. The van der Waals surface area contributed by atoms with Gasteiger partial charge in [-0.05, 0) is 29.8 Å². The molecule has 8 nitrogen and oxygen atoms in total. The normalized spacial score (nSPS) is 15.3. The van der Waals surface area contributed by atoms with Crippen molar-refractivity contribution in [2.24, 2.45) is 0 Å². The second-order valence-electron chi connectivity index (χ2n) is 6.53. The first-order chi connectivity index (χ1) is 14.1. The molecule has 2 heterocycles. The van der Waals surface area contributed by atoms with E-state index in [1.165, 1.54) is 16.4 Å². The van der Waals surface area contributed by atoms with Crippen molar-refractivity contribution in [3.8, 4) is 5.75 Å². The van der Waals surface area contributed by atoms with Crippen LogP contribution in [0.3, 0.4) is 0 Å². The number of sulfonamides is 1. The Balaban J connectivity index is 1.35. The van der Waals surface area contributed by atoms with E-state index in [2.05, 4.69) is 10.2 Å². The van der Waals surface area contributed by atoms with Gasteiger partial charge in [0.1, 0.15) is 5.75 Å². The molecule has 0 atom stereocenters. The number of hydrogen-bond donors (Lipinski definition) is 0. The molecular weight excluding hydrogens is 394 g/mol. The average molecular weight is 415 g/mol. The predicted molar refractivity (Wildman–Crippen MR) is 104 cm³/mol. The largest absolute Gasteiger partial charge is 0.484 e. The van der Waals surface area contributed by atoms with E-state index in [0.29, 0.717) is 50.3 Å². The van der Waals surface area contributed by atoms with E-state index >= 15 is 0 Å². The molecular formula is C20H21N3O5S. The molecule has 1 aromatic heterocycles. The van der Waals surface area contributed by atoms with Crippen molar-refractivity contribution in [1.82, 2.24) is 14.5 Å². The number of aromatic nitrogens is 2. The first kappa shape index (κ1) is 19.6. The van der Waals surface area contributed by atoms with Crippen LogP contribution in [-0.4, -0.2) is 49.2 Å². The maximum absolute atomic E-state index is 12.6. The van der Waals surface area contributed by atoms with E-state index in [0.717, 1.165) is 5.56 Å². The Morgan fingerprint density at radius 3 is 2.34 bits per heavy atom. The minimum atomic E-state index is -3.52. The van der Waals surface area contributed by atoms with Gasteiger partial charge < -0.3 is 13.9 Å². The van der Waals surface area contributed by atoms with Gasteiger partial charge in [-0.15, -0.1) is 10.2 Å². The number of morpholine rings is 1. The van der Waals surface area contributed by atoms with Gasteiger partial charge in [0, 0.05) is 13.1 Å². The van der Waals surface area contributed by atoms with Crippen molar-refractivity contribution < 1.29 is 22.3 Å². The molecule has 0 amide bonds. The highest BCUT2D eigenvalue weighted by Gasteiger charge is 2.26. The number of hydrogen-bond acceptors (Lipinski definition) is 7. The molecule has 1 aliphatic heterocycles. The SMILES string of the molecule is O=S(=O)(c1ccc(OCc2nnc(Cc3ccccc3)o2)cc1)N1CCOCC1. The van der Waals surface area contributed by atoms with E-state index in [-0.39, 0.29) is 11.5 Å². The molecule has 29 heavy (non-hydrogen) atoms. The molecule has 9 heteroatoms. The second kappa shape index (κ2) is 8.73. The van der Waals surface area contributed by atoms with Gasteiger partial charge in [-0.2, -0.15) is 4.31 Å². The lowest BCUT2D eigenvalue weighted by Crippen LogP contribution is -2.40. The molecule has 0 radical (unpaired) electrons. The van der Waals surface area contributed by atoms with Crippen LogP contribution in [0.4, 0.5) is 0 Å². The maximum Gasteiger partial charge on any atom is 0.253 e. The van der Waals surface area contributed by atoms with Crippen LogP contribution < -0.4 is 4.74 Å². The monoisotopic (exact) mass is 415 g/mol. The first-order valence-electron chi connectivity index (χ1n) is 9.27. The quantitative estimate of drug-likeness (QED) is 0.584. The lowest BCUT2D eigenvalue weighted by molar-refractivity contribution is 0.0730. The molecule has 1 fully saturated rings. The van der Waals surface area contributed by atoms with Crippen molar-refractivity contribution >= 4 is 10.0 Å². The summed E-state index contributed by atoms with van der Waals surface area (Å²) < 4.78 is 43.1. The van der Waals surface area contributed by atoms with Gasteiger partial charge in [0.15, 0.2) is 6.61 Å². The van der Waals surface area contributed by atoms with Gasteiger partial charge in [-0.3, -0.25) is 0 Å². The Labute approximate surface area is 169 Å². The van der Waals surface area contributed by atoms with Gasteiger partial charge >= 0.3 is 0 Å². The molecule has 0 saturated carbocycles. The van der Waals surface area contributed by atoms with E-state index in [1.807, 2.05) is 30.3 Å². The molecule has 3 aromatic rings. The summed E-state index contributed by atoms with van der Waals surface area (Å²) in [5.41, 5.74) is 1.08. The highest BCUT2D eigenvalue weighted by atomic mass is 32.2. The van der Waals surface area contributed by atoms with Crippen molar-refractivity contribution in [2.75, 3.05) is 26.3 Å². The smallest absolute Gasteiger partial charge is 0.253 e. The van der Waals surface area contributed by atoms with E-state index in [1.54, 1.807) is 12.1 Å². The van der Waals surface area contributed by atoms with Crippen LogP contribution in [0.5, 0.6) is 5.75 Å². The summed E-state index contributed by atoms with van der Waals surface area (Å²) in [6, 6.07) is 16.2. The minimum Gasteiger partial charge on any atom is -0.484 e. The van der Waals surface area contributed by atoms with Gasteiger partial charge in [-0.1, -0.05) is 30.3 Å². The Morgan fingerprint density at radius 1 is 0.931 bits per heavy atom. The molecule has 4 rings (SSSR count). The third-order valence-corrected chi connectivity index (χ3v) is 6.41. The zero-order valence-corrected chi connectivity index (χ0v) is 16.5. The summed E-state index contributed by atoms with van der Waals surface area (Å²) in [6.07, 6.45) is 0.557. The lowest BCUT2D eigenvalue weighted by Gasteiger charge is -2.26. The van der Waals surface area contributed by atoms with Crippen molar-refractivity contribution in [2.45, 2.75) is 17.9 Å². The molecule has 0 unspecified atom stereocenters. The van der Waals surface area contributed by atoms with Gasteiger partial charge in [0.2, 0.25) is 15.9 Å². The molecule has 0 bridgehead atoms. The standard InChI is InChI=1S/C20H21N3O5S/c24-29(25,23-10-12-26-13-11-23)18-8-6-17(7-9-18)27-15-20-22-21-19(28-20)14-16-4-2-1-3-5-16/h1-9H,10-15H2. The fourth-order valence-electron chi connectivity index (χ4n) is 2.98. The summed E-state index contributed by atoms with van der Waals surface area (Å²) in [7, 11) is -3.52. The van der Waals surface area contributed by atoms with E-state index in [4.69, 9.17) is 13.9 Å². The molecule has 1 aliphatic rings. The summed E-state index contributed by atoms with van der Waals surface area (Å²) in [5, 5.41) is 8.02. The van der Waals surface area contributed by atoms with Crippen molar-refractivity contribution in [3.63, 3.8) is 0 Å². The van der Waals surface area contributed by atoms with Crippen LogP contribution in [0.1, 0.15) is 17.3 Å². The number of benzene rings is 2. The molecule has 1 saturated heterocycles. The zero-order valence-electron chi connectivity index (χ0n) is 15.7. The zero-order chi connectivity index (χ0) is 20.1. The molecule has 0 N–H and O–H groups in total. The Kier molecular flexibility index (Phi) is 5.89. The van der Waals surface area contributed by atoms with Gasteiger partial charge in [-0.25, -0.2) is 8.42 Å². The van der Waals surface area contributed by atoms with Crippen LogP contribution in [0, 0.1) is 0 Å². The molecule has 0 aliphatic carbocycles. The van der Waals surface area contributed by atoms with Crippen LogP contribution in [0.15, 0.2) is 63.9 Å². The molecule has 0 spiro atoms. The van der Waals surface area contributed by atoms with Gasteiger partial charge in [0.05, 0.1) is 24.5 Å². The number of nitrogens with zero attached hydrogens (tertiary/aromatic N) is 3. The van der Waals surface area contributed by atoms with Crippen LogP contribution >= 0.6 is 0 Å². The minimum absolute atomic E-state index is 0.108. The van der Waals surface area contributed by atoms with Crippen LogP contribution in [-0.2, 0) is 27.8 Å². The molecule has 152 valence electrons. The maximum atomic E-state index is 12.6. The first-order valence-corrected chi connectivity index (χ1v) is 10.7. The Hall–Kier alpha value is -2.75. The lowest BCUT2D eigenvalue weighted by atomic mass is 10.2. The van der Waals surface area contributed by atoms with Crippen molar-refractivity contribution in [3.05, 3.63) is 71.9 Å².